The molecule has 0 aliphatic carbocycles. The van der Waals surface area contributed by atoms with Gasteiger partial charge in [-0.25, -0.2) is 0 Å². The zero-order valence-corrected chi connectivity index (χ0v) is 27.6. The van der Waals surface area contributed by atoms with Gasteiger partial charge in [0.15, 0.2) is 5.85 Å². The largest absolute Gasteiger partial charge is 0.379 e. The van der Waals surface area contributed by atoms with Crippen molar-refractivity contribution in [3.63, 3.8) is 0 Å². The Morgan fingerprint density at radius 1 is 0.929 bits per heavy atom. The van der Waals surface area contributed by atoms with Crippen LogP contribution in [0.15, 0.2) is 12.2 Å². The van der Waals surface area contributed by atoms with Gasteiger partial charge in [0.1, 0.15) is 6.04 Å². The summed E-state index contributed by atoms with van der Waals surface area (Å²) in [4.78, 5) is 40.0. The van der Waals surface area contributed by atoms with Gasteiger partial charge < -0.3 is 30.1 Å². The highest BCUT2D eigenvalue weighted by molar-refractivity contribution is 7.54. The SMILES string of the molecule is CCCCCCCC1CCC/C=C/CCCNC(=O)C[C@@H](C(O)P(=O)(OCC)OCC)NC(=O)[C@H](CC(C)C)NC1=O. The summed E-state index contributed by atoms with van der Waals surface area (Å²) in [7, 11) is -4.07. The number of allylic oxidation sites excluding steroid dienone is 2. The predicted molar refractivity (Wildman–Crippen MR) is 167 cm³/mol. The van der Waals surface area contributed by atoms with E-state index in [1.165, 1.54) is 6.42 Å². The van der Waals surface area contributed by atoms with Gasteiger partial charge in [-0.1, -0.05) is 65.0 Å². The molecule has 1 rings (SSSR count). The highest BCUT2D eigenvalue weighted by Crippen LogP contribution is 2.53. The smallest absolute Gasteiger partial charge is 0.361 e. The van der Waals surface area contributed by atoms with Crippen LogP contribution < -0.4 is 16.0 Å². The molecule has 0 aromatic rings. The third kappa shape index (κ3) is 15.1. The molecule has 0 radical (unpaired) electrons. The zero-order valence-electron chi connectivity index (χ0n) is 26.7. The van der Waals surface area contributed by atoms with Crippen molar-refractivity contribution in [2.45, 2.75) is 136 Å². The molecular formula is C31H58N3O7P. The highest BCUT2D eigenvalue weighted by Gasteiger charge is 2.42. The Hall–Kier alpha value is -1.74. The Kier molecular flexibility index (Phi) is 19.9. The molecule has 0 bridgehead atoms. The number of amides is 3. The molecule has 10 nitrogen and oxygen atoms in total. The first-order valence-electron chi connectivity index (χ1n) is 16.2. The van der Waals surface area contributed by atoms with E-state index < -0.39 is 37.3 Å². The summed E-state index contributed by atoms with van der Waals surface area (Å²) in [6.07, 6.45) is 14.6. The summed E-state index contributed by atoms with van der Waals surface area (Å²) in [5.41, 5.74) is 0. The summed E-state index contributed by atoms with van der Waals surface area (Å²) in [6.45, 7) is 9.80. The molecule has 0 saturated carbocycles. The summed E-state index contributed by atoms with van der Waals surface area (Å²) >= 11 is 0. The molecule has 11 heteroatoms. The molecule has 3 amide bonds. The second-order valence-electron chi connectivity index (χ2n) is 11.6. The maximum atomic E-state index is 13.6. The third-order valence-electron chi connectivity index (χ3n) is 7.36. The van der Waals surface area contributed by atoms with Gasteiger partial charge in [0.2, 0.25) is 17.7 Å². The van der Waals surface area contributed by atoms with E-state index in [1.807, 2.05) is 13.8 Å². The Labute approximate surface area is 254 Å². The van der Waals surface area contributed by atoms with Crippen molar-refractivity contribution in [2.24, 2.45) is 11.8 Å². The lowest BCUT2D eigenvalue weighted by Gasteiger charge is -2.31. The molecule has 1 aliphatic heterocycles. The first kappa shape index (κ1) is 38.3. The van der Waals surface area contributed by atoms with Crippen molar-refractivity contribution in [3.05, 3.63) is 12.2 Å². The molecule has 0 aromatic carbocycles. The molecule has 42 heavy (non-hydrogen) atoms. The minimum absolute atomic E-state index is 0.0145. The second kappa shape index (κ2) is 21.9. The van der Waals surface area contributed by atoms with Crippen molar-refractivity contribution in [2.75, 3.05) is 19.8 Å². The number of aliphatic hydroxyl groups is 1. The van der Waals surface area contributed by atoms with Crippen molar-refractivity contribution in [1.82, 2.24) is 16.0 Å². The topological polar surface area (TPSA) is 143 Å². The van der Waals surface area contributed by atoms with Crippen LogP contribution in [0.4, 0.5) is 0 Å². The molecule has 2 unspecified atom stereocenters. The van der Waals surface area contributed by atoms with Crippen LogP contribution in [0.2, 0.25) is 0 Å². The second-order valence-corrected chi connectivity index (χ2v) is 13.7. The summed E-state index contributed by atoms with van der Waals surface area (Å²) < 4.78 is 24.1. The van der Waals surface area contributed by atoms with Crippen molar-refractivity contribution in [1.29, 1.82) is 0 Å². The van der Waals surface area contributed by atoms with Gasteiger partial charge in [-0.05, 0) is 64.7 Å². The maximum Gasteiger partial charge on any atom is 0.361 e. The van der Waals surface area contributed by atoms with E-state index in [1.54, 1.807) is 13.8 Å². The molecule has 0 fully saturated rings. The minimum atomic E-state index is -4.07. The van der Waals surface area contributed by atoms with Crippen LogP contribution in [0, 0.1) is 11.8 Å². The van der Waals surface area contributed by atoms with Crippen molar-refractivity contribution < 1.29 is 33.1 Å². The number of rotatable bonds is 14. The van der Waals surface area contributed by atoms with Gasteiger partial charge in [0, 0.05) is 18.9 Å². The predicted octanol–water partition coefficient (Wildman–Crippen LogP) is 5.59. The molecule has 0 saturated heterocycles. The van der Waals surface area contributed by atoms with Gasteiger partial charge in [-0.3, -0.25) is 18.9 Å². The Morgan fingerprint density at radius 2 is 1.57 bits per heavy atom. The highest BCUT2D eigenvalue weighted by atomic mass is 31.2. The number of carbonyl (C=O) groups excluding carboxylic acids is 3. The average molecular weight is 616 g/mol. The molecular weight excluding hydrogens is 557 g/mol. The minimum Gasteiger partial charge on any atom is -0.379 e. The molecule has 4 atom stereocenters. The van der Waals surface area contributed by atoms with Gasteiger partial charge in [0.25, 0.3) is 0 Å². The van der Waals surface area contributed by atoms with E-state index in [-0.39, 0.29) is 37.4 Å². The fraction of sp³-hybridized carbons (Fsp3) is 0.839. The van der Waals surface area contributed by atoms with Gasteiger partial charge >= 0.3 is 7.60 Å². The normalized spacial score (nSPS) is 23.8. The summed E-state index contributed by atoms with van der Waals surface area (Å²) in [5.74, 6) is -2.99. The quantitative estimate of drug-likeness (QED) is 0.113. The van der Waals surface area contributed by atoms with Crippen LogP contribution in [0.1, 0.15) is 118 Å². The Balaban J connectivity index is 3.28. The molecule has 1 aliphatic rings. The van der Waals surface area contributed by atoms with Gasteiger partial charge in [-0.15, -0.1) is 0 Å². The lowest BCUT2D eigenvalue weighted by Crippen LogP contribution is -2.54. The molecule has 0 spiro atoms. The first-order chi connectivity index (χ1) is 20.1. The first-order valence-corrected chi connectivity index (χ1v) is 17.8. The van der Waals surface area contributed by atoms with Crippen LogP contribution in [-0.2, 0) is 28.0 Å². The number of hydrogen-bond acceptors (Lipinski definition) is 7. The van der Waals surface area contributed by atoms with Gasteiger partial charge in [0.05, 0.1) is 19.3 Å². The van der Waals surface area contributed by atoms with E-state index in [0.29, 0.717) is 13.0 Å². The number of aliphatic hydroxyl groups excluding tert-OH is 1. The lowest BCUT2D eigenvalue weighted by atomic mass is 9.93. The Bertz CT molecular complexity index is 857. The Morgan fingerprint density at radius 3 is 2.19 bits per heavy atom. The lowest BCUT2D eigenvalue weighted by molar-refractivity contribution is -0.133. The number of hydrogen-bond donors (Lipinski definition) is 4. The summed E-state index contributed by atoms with van der Waals surface area (Å²) in [5, 5.41) is 19.7. The number of carbonyl (C=O) groups is 3. The third-order valence-corrected chi connectivity index (χ3v) is 9.61. The monoisotopic (exact) mass is 615 g/mol. The van der Waals surface area contributed by atoms with Crippen molar-refractivity contribution >= 4 is 25.3 Å². The number of unbranched alkanes of at least 4 members (excludes halogenated alkanes) is 4. The fourth-order valence-electron chi connectivity index (χ4n) is 5.12. The average Bonchev–Trinajstić information content (AvgIpc) is 2.93. The van der Waals surface area contributed by atoms with E-state index >= 15 is 0 Å². The number of nitrogens with one attached hydrogen (secondary N) is 3. The standard InChI is InChI=1S/C31H58N3O7P/c1-6-9-10-13-16-19-25-20-17-14-11-12-15-18-21-32-28(35)23-27(31(38)42(39,40-7-2)41-8-3)34-30(37)26(22-24(4)5)33-29(25)36/h11-12,24-27,31,38H,6-10,13-23H2,1-5H3,(H,32,35)(H,33,36)(H,34,37)/b12-11+/t25?,26-,27-,31?/m0/s1. The van der Waals surface area contributed by atoms with Crippen LogP contribution in [0.3, 0.4) is 0 Å². The van der Waals surface area contributed by atoms with Gasteiger partial charge in [-0.2, -0.15) is 0 Å². The maximum absolute atomic E-state index is 13.6. The molecule has 1 heterocycles. The van der Waals surface area contributed by atoms with E-state index in [4.69, 9.17) is 9.05 Å². The van der Waals surface area contributed by atoms with E-state index in [2.05, 4.69) is 35.0 Å². The van der Waals surface area contributed by atoms with Crippen LogP contribution in [0.25, 0.3) is 0 Å². The van der Waals surface area contributed by atoms with E-state index in [9.17, 15) is 24.1 Å². The fourth-order valence-corrected chi connectivity index (χ4v) is 6.84. The van der Waals surface area contributed by atoms with Crippen LogP contribution in [0.5, 0.6) is 0 Å². The molecule has 0 aromatic heterocycles. The zero-order chi connectivity index (χ0) is 31.4. The van der Waals surface area contributed by atoms with Crippen LogP contribution >= 0.6 is 7.60 Å². The summed E-state index contributed by atoms with van der Waals surface area (Å²) in [6, 6.07) is -2.13. The molecule has 4 N–H and O–H groups in total. The van der Waals surface area contributed by atoms with Crippen molar-refractivity contribution in [3.8, 4) is 0 Å². The van der Waals surface area contributed by atoms with Crippen LogP contribution in [-0.4, -0.2) is 60.5 Å². The van der Waals surface area contributed by atoms with E-state index in [0.717, 1.165) is 64.2 Å². The molecule has 244 valence electrons.